The Morgan fingerprint density at radius 1 is 0.321 bits per heavy atom. The van der Waals surface area contributed by atoms with Crippen molar-refractivity contribution < 1.29 is 19.2 Å². The van der Waals surface area contributed by atoms with Crippen LogP contribution in [0.5, 0.6) is 0 Å². The molecule has 1 aliphatic heterocycles. The zero-order chi connectivity index (χ0) is 39.2. The van der Waals surface area contributed by atoms with Crippen molar-refractivity contribution >= 4 is 23.6 Å². The molecule has 1 heterocycles. The van der Waals surface area contributed by atoms with Gasteiger partial charge in [0.15, 0.2) is 0 Å². The molecule has 296 valence electrons. The van der Waals surface area contributed by atoms with Crippen LogP contribution in [-0.2, 0) is 45.4 Å². The summed E-state index contributed by atoms with van der Waals surface area (Å²) in [5.74, 6) is -0.359. The molecule has 1 aliphatic rings. The highest BCUT2D eigenvalue weighted by atomic mass is 16.2. The highest BCUT2D eigenvalue weighted by molar-refractivity contribution is 5.79. The number of nitrogens with one attached hydrogen (secondary N) is 4. The zero-order valence-corrected chi connectivity index (χ0v) is 32.3. The highest BCUT2D eigenvalue weighted by Crippen LogP contribution is 2.05. The average molecular weight is 761 g/mol. The van der Waals surface area contributed by atoms with Gasteiger partial charge in [0.25, 0.3) is 0 Å². The molecule has 56 heavy (non-hydrogen) atoms. The first-order chi connectivity index (χ1) is 27.4. The molecule has 0 radical (unpaired) electrons. The minimum atomic E-state index is -0.0899. The molecule has 0 aliphatic carbocycles. The Balaban J connectivity index is 1.26. The maximum absolute atomic E-state index is 13.3. The predicted octanol–water partition coefficient (Wildman–Crippen LogP) is 2.47. The second-order valence-corrected chi connectivity index (χ2v) is 14.2. The van der Waals surface area contributed by atoms with E-state index < -0.39 is 0 Å². The molecular weight excluding hydrogens is 705 g/mol. The van der Waals surface area contributed by atoms with Crippen LogP contribution in [0.3, 0.4) is 0 Å². The first-order valence-electron chi connectivity index (χ1n) is 19.5. The standard InChI is InChI=1S/C44H56N8O4/c53-41(45-29-37-13-5-1-6-14-37)33-49-21-23-50(34-42(54)46-30-38-15-7-2-8-16-38)25-27-52(36-44(56)48-32-40-19-11-4-12-20-40)28-26-51(24-22-49)35-43(55)47-31-39-17-9-3-10-18-39/h1-20H,21-36H2,(H,45,53)(H,46,54)(H,47,55)(H,48,56). The third-order valence-corrected chi connectivity index (χ3v) is 9.73. The molecule has 0 saturated carbocycles. The lowest BCUT2D eigenvalue weighted by molar-refractivity contribution is -0.125. The van der Waals surface area contributed by atoms with Crippen molar-refractivity contribution in [3.63, 3.8) is 0 Å². The lowest BCUT2D eigenvalue weighted by atomic mass is 10.2. The minimum absolute atomic E-state index is 0.0899. The lowest BCUT2D eigenvalue weighted by Crippen LogP contribution is -2.51. The summed E-state index contributed by atoms with van der Waals surface area (Å²) in [5, 5.41) is 12.2. The monoisotopic (exact) mass is 760 g/mol. The fourth-order valence-electron chi connectivity index (χ4n) is 6.43. The van der Waals surface area contributed by atoms with Crippen molar-refractivity contribution in [2.45, 2.75) is 26.2 Å². The summed E-state index contributed by atoms with van der Waals surface area (Å²) in [7, 11) is 0. The van der Waals surface area contributed by atoms with Crippen LogP contribution >= 0.6 is 0 Å². The molecule has 4 amide bonds. The number of hydrogen-bond donors (Lipinski definition) is 4. The summed E-state index contributed by atoms with van der Waals surface area (Å²) < 4.78 is 0. The van der Waals surface area contributed by atoms with Crippen LogP contribution in [0.15, 0.2) is 121 Å². The van der Waals surface area contributed by atoms with Crippen LogP contribution in [0, 0.1) is 0 Å². The molecule has 1 fully saturated rings. The van der Waals surface area contributed by atoms with Gasteiger partial charge in [-0.25, -0.2) is 0 Å². The topological polar surface area (TPSA) is 129 Å². The lowest BCUT2D eigenvalue weighted by Gasteiger charge is -2.33. The Morgan fingerprint density at radius 3 is 0.679 bits per heavy atom. The van der Waals surface area contributed by atoms with Crippen molar-refractivity contribution in [2.24, 2.45) is 0 Å². The van der Waals surface area contributed by atoms with Gasteiger partial charge in [0.2, 0.25) is 23.6 Å². The SMILES string of the molecule is O=C(CN1CCN(CC(=O)NCc2ccccc2)CCN(CC(=O)NCc2ccccc2)CCN(CC(=O)NCc2ccccc2)CC1)NCc1ccccc1. The van der Waals surface area contributed by atoms with Crippen LogP contribution in [0.1, 0.15) is 22.3 Å². The number of benzene rings is 4. The first-order valence-corrected chi connectivity index (χ1v) is 19.5. The predicted molar refractivity (Wildman–Crippen MR) is 219 cm³/mol. The van der Waals surface area contributed by atoms with Crippen molar-refractivity contribution in [3.8, 4) is 0 Å². The van der Waals surface area contributed by atoms with Gasteiger partial charge in [-0.3, -0.25) is 38.8 Å². The molecule has 4 N–H and O–H groups in total. The Kier molecular flexibility index (Phi) is 17.5. The Labute approximate surface area is 331 Å². The molecule has 0 aromatic heterocycles. The van der Waals surface area contributed by atoms with Crippen LogP contribution < -0.4 is 21.3 Å². The molecule has 4 aromatic carbocycles. The number of amides is 4. The normalized spacial score (nSPS) is 15.1. The van der Waals surface area contributed by atoms with Crippen LogP contribution in [-0.4, -0.2) is 122 Å². The van der Waals surface area contributed by atoms with Gasteiger partial charge in [-0.2, -0.15) is 0 Å². The van der Waals surface area contributed by atoms with E-state index in [0.717, 1.165) is 22.3 Å². The summed E-state index contributed by atoms with van der Waals surface area (Å²) in [6.45, 7) is 6.77. The fraction of sp³-hybridized carbons (Fsp3) is 0.364. The van der Waals surface area contributed by atoms with E-state index in [0.29, 0.717) is 78.5 Å². The Hall–Kier alpha value is -5.40. The molecule has 4 aromatic rings. The van der Waals surface area contributed by atoms with Crippen LogP contribution in [0.4, 0.5) is 0 Å². The summed E-state index contributed by atoms with van der Waals surface area (Å²) >= 11 is 0. The smallest absolute Gasteiger partial charge is 0.234 e. The summed E-state index contributed by atoms with van der Waals surface area (Å²) in [6, 6.07) is 39.2. The van der Waals surface area contributed by atoms with E-state index in [4.69, 9.17) is 0 Å². The maximum atomic E-state index is 13.3. The van der Waals surface area contributed by atoms with Gasteiger partial charge in [0.1, 0.15) is 0 Å². The first kappa shape index (κ1) is 41.8. The second kappa shape index (κ2) is 23.5. The van der Waals surface area contributed by atoms with Crippen molar-refractivity contribution in [1.82, 2.24) is 40.9 Å². The number of nitrogens with zero attached hydrogens (tertiary/aromatic N) is 4. The Bertz CT molecular complexity index is 1490. The average Bonchev–Trinajstić information content (AvgIpc) is 3.23. The highest BCUT2D eigenvalue weighted by Gasteiger charge is 2.22. The largest absolute Gasteiger partial charge is 0.351 e. The van der Waals surface area contributed by atoms with Gasteiger partial charge in [-0.15, -0.1) is 0 Å². The van der Waals surface area contributed by atoms with Gasteiger partial charge < -0.3 is 21.3 Å². The molecule has 0 atom stereocenters. The number of rotatable bonds is 16. The molecule has 0 spiro atoms. The number of carbonyl (C=O) groups is 4. The molecule has 1 saturated heterocycles. The van der Waals surface area contributed by atoms with E-state index in [-0.39, 0.29) is 49.8 Å². The van der Waals surface area contributed by atoms with E-state index in [1.54, 1.807) is 0 Å². The van der Waals surface area contributed by atoms with Gasteiger partial charge in [-0.05, 0) is 22.3 Å². The van der Waals surface area contributed by atoms with E-state index in [1.165, 1.54) is 0 Å². The van der Waals surface area contributed by atoms with E-state index in [1.807, 2.05) is 121 Å². The molecule has 0 unspecified atom stereocenters. The molecular formula is C44H56N8O4. The van der Waals surface area contributed by atoms with Crippen molar-refractivity contribution in [3.05, 3.63) is 144 Å². The Morgan fingerprint density at radius 2 is 0.500 bits per heavy atom. The second-order valence-electron chi connectivity index (χ2n) is 14.2. The van der Waals surface area contributed by atoms with E-state index in [2.05, 4.69) is 40.9 Å². The molecule has 12 nitrogen and oxygen atoms in total. The maximum Gasteiger partial charge on any atom is 0.234 e. The van der Waals surface area contributed by atoms with Crippen molar-refractivity contribution in [1.29, 1.82) is 0 Å². The van der Waals surface area contributed by atoms with E-state index in [9.17, 15) is 19.2 Å². The van der Waals surface area contributed by atoms with Gasteiger partial charge in [0.05, 0.1) is 26.2 Å². The van der Waals surface area contributed by atoms with E-state index >= 15 is 0 Å². The van der Waals surface area contributed by atoms with Gasteiger partial charge >= 0.3 is 0 Å². The third-order valence-electron chi connectivity index (χ3n) is 9.73. The van der Waals surface area contributed by atoms with Gasteiger partial charge in [0, 0.05) is 78.5 Å². The number of carbonyl (C=O) groups excluding carboxylic acids is 4. The van der Waals surface area contributed by atoms with Crippen LogP contribution in [0.25, 0.3) is 0 Å². The summed E-state index contributed by atoms with van der Waals surface area (Å²) in [5.41, 5.74) is 4.09. The fourth-order valence-corrected chi connectivity index (χ4v) is 6.43. The third kappa shape index (κ3) is 16.1. The minimum Gasteiger partial charge on any atom is -0.351 e. The summed E-state index contributed by atoms with van der Waals surface area (Å²) in [4.78, 5) is 61.4. The van der Waals surface area contributed by atoms with Crippen molar-refractivity contribution in [2.75, 3.05) is 78.5 Å². The van der Waals surface area contributed by atoms with Crippen LogP contribution in [0.2, 0.25) is 0 Å². The summed E-state index contributed by atoms with van der Waals surface area (Å²) in [6.07, 6.45) is 0. The zero-order valence-electron chi connectivity index (χ0n) is 32.3. The molecule has 0 bridgehead atoms. The molecule has 12 heteroatoms. The quantitative estimate of drug-likeness (QED) is 0.137. The number of hydrogen-bond acceptors (Lipinski definition) is 8. The molecule has 5 rings (SSSR count). The van der Waals surface area contributed by atoms with Gasteiger partial charge in [-0.1, -0.05) is 121 Å².